The number of rotatable bonds is 14. The van der Waals surface area contributed by atoms with Crippen LogP contribution in [0.2, 0.25) is 0 Å². The minimum absolute atomic E-state index is 0.0815. The van der Waals surface area contributed by atoms with Crippen LogP contribution in [-0.4, -0.2) is 57.1 Å². The second-order valence-corrected chi connectivity index (χ2v) is 14.2. The number of carbonyl (C=O) groups is 2. The van der Waals surface area contributed by atoms with E-state index in [0.29, 0.717) is 17.9 Å². The van der Waals surface area contributed by atoms with E-state index in [1.807, 2.05) is 54.6 Å². The van der Waals surface area contributed by atoms with Gasteiger partial charge in [-0.2, -0.15) is 0 Å². The number of halogens is 1. The van der Waals surface area contributed by atoms with Crippen LogP contribution in [0.3, 0.4) is 0 Å². The lowest BCUT2D eigenvalue weighted by Crippen LogP contribution is -2.52. The van der Waals surface area contributed by atoms with E-state index < -0.39 is 16.1 Å². The summed E-state index contributed by atoms with van der Waals surface area (Å²) in [5, 5.41) is 3.26. The number of sulfonamides is 1. The van der Waals surface area contributed by atoms with Crippen LogP contribution in [0.15, 0.2) is 83.3 Å². The van der Waals surface area contributed by atoms with Crippen LogP contribution in [0.1, 0.15) is 56.1 Å². The minimum Gasteiger partial charge on any atom is -0.497 e. The molecule has 1 aliphatic rings. The molecular weight excluding hydrogens is 642 g/mol. The van der Waals surface area contributed by atoms with Crippen LogP contribution in [0.5, 0.6) is 5.75 Å². The van der Waals surface area contributed by atoms with Crippen molar-refractivity contribution in [2.24, 2.45) is 0 Å². The highest BCUT2D eigenvalue weighted by Gasteiger charge is 2.32. The van der Waals surface area contributed by atoms with Crippen molar-refractivity contribution < 1.29 is 22.7 Å². The topological polar surface area (TPSA) is 96.0 Å². The lowest BCUT2D eigenvalue weighted by Gasteiger charge is -2.34. The van der Waals surface area contributed by atoms with E-state index in [1.165, 1.54) is 10.7 Å². The molecule has 3 aromatic rings. The van der Waals surface area contributed by atoms with E-state index >= 15 is 0 Å². The largest absolute Gasteiger partial charge is 0.497 e. The Morgan fingerprint density at radius 1 is 0.955 bits per heavy atom. The number of methoxy groups -OCH3 is 1. The maximum Gasteiger partial charge on any atom is 0.243 e. The first-order valence-corrected chi connectivity index (χ1v) is 17.8. The van der Waals surface area contributed by atoms with Crippen LogP contribution in [0, 0.1) is 0 Å². The summed E-state index contributed by atoms with van der Waals surface area (Å²) in [7, 11) is -2.05. The van der Waals surface area contributed by atoms with E-state index in [0.717, 1.165) is 47.5 Å². The summed E-state index contributed by atoms with van der Waals surface area (Å²) in [4.78, 5) is 29.7. The Labute approximate surface area is 270 Å². The first-order valence-electron chi connectivity index (χ1n) is 15.1. The summed E-state index contributed by atoms with van der Waals surface area (Å²) in [6.07, 6.45) is 7.12. The van der Waals surface area contributed by atoms with Crippen molar-refractivity contribution in [2.45, 2.75) is 70.0 Å². The van der Waals surface area contributed by atoms with Crippen molar-refractivity contribution >= 4 is 43.5 Å². The monoisotopic (exact) mass is 683 g/mol. The highest BCUT2D eigenvalue weighted by Crippen LogP contribution is 2.24. The Morgan fingerprint density at radius 2 is 1.64 bits per heavy atom. The third-order valence-corrected chi connectivity index (χ3v) is 9.66. The predicted octanol–water partition coefficient (Wildman–Crippen LogP) is 6.09. The molecule has 1 atom stereocenters. The number of nitrogens with one attached hydrogen (secondary N) is 1. The summed E-state index contributed by atoms with van der Waals surface area (Å²) >= 11 is 3.53. The second kappa shape index (κ2) is 16.1. The first-order chi connectivity index (χ1) is 21.1. The second-order valence-electron chi connectivity index (χ2n) is 11.3. The molecule has 0 saturated heterocycles. The zero-order chi connectivity index (χ0) is 31.5. The third kappa shape index (κ3) is 9.82. The van der Waals surface area contributed by atoms with E-state index in [9.17, 15) is 18.0 Å². The molecule has 4 rings (SSSR count). The van der Waals surface area contributed by atoms with Crippen LogP contribution in [0.25, 0.3) is 0 Å². The molecule has 2 amide bonds. The van der Waals surface area contributed by atoms with Crippen molar-refractivity contribution in [3.05, 3.63) is 94.5 Å². The van der Waals surface area contributed by atoms with E-state index in [1.54, 1.807) is 36.3 Å². The first kappa shape index (κ1) is 33.5. The summed E-state index contributed by atoms with van der Waals surface area (Å²) in [5.41, 5.74) is 2.36. The Balaban J connectivity index is 1.58. The van der Waals surface area contributed by atoms with Crippen molar-refractivity contribution in [1.82, 2.24) is 10.2 Å². The van der Waals surface area contributed by atoms with Gasteiger partial charge in [0.2, 0.25) is 21.8 Å². The van der Waals surface area contributed by atoms with Gasteiger partial charge in [-0.3, -0.25) is 13.9 Å². The Kier molecular flexibility index (Phi) is 12.3. The molecule has 1 unspecified atom stereocenters. The SMILES string of the molecule is COc1ccc(N(CCCC(=O)N(Cc2cccc(Br)c2)C(Cc2ccccc2)C(=O)NC2CCCCC2)S(C)(=O)=O)cc1. The number of amides is 2. The Hall–Kier alpha value is -3.37. The molecule has 0 aromatic heterocycles. The van der Waals surface area contributed by atoms with Gasteiger partial charge in [-0.15, -0.1) is 0 Å². The average Bonchev–Trinajstić information content (AvgIpc) is 3.01. The van der Waals surface area contributed by atoms with Gasteiger partial charge in [0.1, 0.15) is 11.8 Å². The van der Waals surface area contributed by atoms with E-state index in [4.69, 9.17) is 4.74 Å². The van der Waals surface area contributed by atoms with Crippen LogP contribution in [0.4, 0.5) is 5.69 Å². The number of nitrogens with zero attached hydrogens (tertiary/aromatic N) is 2. The van der Waals surface area contributed by atoms with Gasteiger partial charge in [-0.1, -0.05) is 77.7 Å². The van der Waals surface area contributed by atoms with Crippen LogP contribution in [-0.2, 0) is 32.6 Å². The van der Waals surface area contributed by atoms with E-state index in [-0.39, 0.29) is 43.8 Å². The maximum absolute atomic E-state index is 14.1. The van der Waals surface area contributed by atoms with Crippen molar-refractivity contribution in [3.8, 4) is 5.75 Å². The standard InChI is InChI=1S/C34H42BrN3O5S/c1-43-31-20-18-30(19-21-31)38(44(2,41)42)22-10-17-33(39)37(25-27-13-9-14-28(35)23-27)32(24-26-11-5-3-6-12-26)34(40)36-29-15-7-4-8-16-29/h3,5-6,9,11-14,18-21,23,29,32H,4,7-8,10,15-17,22,24-25H2,1-2H3,(H,36,40). The van der Waals surface area contributed by atoms with E-state index in [2.05, 4.69) is 21.2 Å². The Bertz CT molecular complexity index is 1480. The molecule has 3 aromatic carbocycles. The van der Waals surface area contributed by atoms with Gasteiger partial charge in [-0.25, -0.2) is 8.42 Å². The van der Waals surface area contributed by atoms with Gasteiger partial charge in [0.25, 0.3) is 0 Å². The molecule has 10 heteroatoms. The van der Waals surface area contributed by atoms with Gasteiger partial charge >= 0.3 is 0 Å². The lowest BCUT2D eigenvalue weighted by molar-refractivity contribution is -0.141. The van der Waals surface area contributed by atoms with Crippen LogP contribution < -0.4 is 14.4 Å². The average molecular weight is 685 g/mol. The maximum atomic E-state index is 14.1. The molecule has 1 aliphatic carbocycles. The highest BCUT2D eigenvalue weighted by atomic mass is 79.9. The van der Waals surface area contributed by atoms with Gasteiger partial charge in [0.15, 0.2) is 0 Å². The summed E-state index contributed by atoms with van der Waals surface area (Å²) in [5.74, 6) is 0.268. The molecule has 1 saturated carbocycles. The quantitative estimate of drug-likeness (QED) is 0.222. The third-order valence-electron chi connectivity index (χ3n) is 7.98. The van der Waals surface area contributed by atoms with Crippen molar-refractivity contribution in [3.63, 3.8) is 0 Å². The zero-order valence-electron chi connectivity index (χ0n) is 25.5. The molecule has 1 fully saturated rings. The Morgan fingerprint density at radius 3 is 2.27 bits per heavy atom. The molecule has 236 valence electrons. The van der Waals surface area contributed by atoms with Crippen LogP contribution >= 0.6 is 15.9 Å². The predicted molar refractivity (Wildman–Crippen MR) is 178 cm³/mol. The molecule has 0 aliphatic heterocycles. The zero-order valence-corrected chi connectivity index (χ0v) is 27.9. The van der Waals surface area contributed by atoms with Gasteiger partial charge < -0.3 is 15.0 Å². The normalized spacial score (nSPS) is 14.4. The summed E-state index contributed by atoms with van der Waals surface area (Å²) in [6, 6.07) is 23.6. The number of carbonyl (C=O) groups excluding carboxylic acids is 2. The fourth-order valence-corrected chi connectivity index (χ4v) is 7.09. The number of benzene rings is 3. The number of hydrogen-bond acceptors (Lipinski definition) is 5. The van der Waals surface area contributed by atoms with Gasteiger partial charge in [0, 0.05) is 36.4 Å². The molecule has 8 nitrogen and oxygen atoms in total. The van der Waals surface area contributed by atoms with Crippen molar-refractivity contribution in [2.75, 3.05) is 24.2 Å². The molecule has 0 spiro atoms. The molecule has 0 bridgehead atoms. The summed E-state index contributed by atoms with van der Waals surface area (Å²) < 4.78 is 32.8. The fourth-order valence-electron chi connectivity index (χ4n) is 5.68. The molecular formula is C34H42BrN3O5S. The van der Waals surface area contributed by atoms with Crippen molar-refractivity contribution in [1.29, 1.82) is 0 Å². The number of hydrogen-bond donors (Lipinski definition) is 1. The smallest absolute Gasteiger partial charge is 0.243 e. The fraction of sp³-hybridized carbons (Fsp3) is 0.412. The molecule has 1 N–H and O–H groups in total. The van der Waals surface area contributed by atoms with Gasteiger partial charge in [0.05, 0.1) is 19.1 Å². The number of ether oxygens (including phenoxy) is 1. The summed E-state index contributed by atoms with van der Waals surface area (Å²) in [6.45, 7) is 0.376. The molecule has 44 heavy (non-hydrogen) atoms. The number of anilines is 1. The van der Waals surface area contributed by atoms with Gasteiger partial charge in [-0.05, 0) is 66.8 Å². The molecule has 0 heterocycles. The lowest BCUT2D eigenvalue weighted by atomic mass is 9.94. The minimum atomic E-state index is -3.60. The highest BCUT2D eigenvalue weighted by molar-refractivity contribution is 9.10. The molecule has 0 radical (unpaired) electrons.